The number of aliphatic hydroxyl groups excluding tert-OH is 1. The maximum Gasteiger partial charge on any atom is 0.121 e. The Morgan fingerprint density at radius 3 is 2.00 bits per heavy atom. The summed E-state index contributed by atoms with van der Waals surface area (Å²) in [4.78, 5) is 0. The Kier molecular flexibility index (Phi) is 2.36. The summed E-state index contributed by atoms with van der Waals surface area (Å²) in [6.07, 6.45) is 2.73. The molecular weight excluding hydrogens is 100 g/mol. The second-order valence-electron chi connectivity index (χ2n) is 2.81. The van der Waals surface area contributed by atoms with Crippen LogP contribution in [0.1, 0.15) is 20.8 Å². The maximum absolute atomic E-state index is 8.16. The molecule has 1 N–H and O–H groups in total. The summed E-state index contributed by atoms with van der Waals surface area (Å²) in [7, 11) is 0. The predicted molar refractivity (Wildman–Crippen MR) is 34.7 cm³/mol. The first-order valence-corrected chi connectivity index (χ1v) is 2.62. The van der Waals surface area contributed by atoms with E-state index in [1.807, 2.05) is 26.8 Å². The van der Waals surface area contributed by atoms with Gasteiger partial charge in [0.05, 0.1) is 0 Å². The van der Waals surface area contributed by atoms with Gasteiger partial charge in [-0.2, -0.15) is 0 Å². The van der Waals surface area contributed by atoms with Crippen molar-refractivity contribution >= 4 is 0 Å². The van der Waals surface area contributed by atoms with Gasteiger partial charge in [-0.15, -0.1) is 0 Å². The molecule has 0 aromatic carbocycles. The zero-order valence-electron chi connectivity index (χ0n) is 5.60. The van der Waals surface area contributed by atoms with Crippen LogP contribution in [0.15, 0.2) is 18.1 Å². The summed E-state index contributed by atoms with van der Waals surface area (Å²) in [6.45, 7) is 6.14. The van der Waals surface area contributed by atoms with Gasteiger partial charge >= 0.3 is 0 Å². The Morgan fingerprint density at radius 1 is 1.38 bits per heavy atom. The van der Waals surface area contributed by atoms with Crippen molar-refractivity contribution in [2.75, 3.05) is 0 Å². The Bertz CT molecular complexity index is 111. The fourth-order valence-corrected chi connectivity index (χ4v) is 0.287. The monoisotopic (exact) mass is 112 g/mol. The highest BCUT2D eigenvalue weighted by Crippen LogP contribution is 2.12. The molecule has 0 spiro atoms. The van der Waals surface area contributed by atoms with E-state index in [0.29, 0.717) is 0 Å². The third-order valence-electron chi connectivity index (χ3n) is 0.591. The molecule has 0 saturated heterocycles. The molecule has 0 radical (unpaired) electrons. The third kappa shape index (κ3) is 5.32. The van der Waals surface area contributed by atoms with E-state index in [1.165, 1.54) is 0 Å². The van der Waals surface area contributed by atoms with Crippen LogP contribution in [0, 0.1) is 5.41 Å². The highest BCUT2D eigenvalue weighted by atomic mass is 16.2. The smallest absolute Gasteiger partial charge is 0.121 e. The second kappa shape index (κ2) is 2.58. The lowest BCUT2D eigenvalue weighted by atomic mass is 9.97. The number of rotatable bonds is 0. The molecule has 0 saturated carbocycles. The number of allylic oxidation sites excluding steroid dienone is 1. The summed E-state index contributed by atoms with van der Waals surface area (Å²) in [5, 5.41) is 8.16. The standard InChI is InChI=1S/C7H12O/c1-7(2,3)5-4-6-8/h5-6,8H,1-3H3. The van der Waals surface area contributed by atoms with Crippen molar-refractivity contribution in [1.29, 1.82) is 0 Å². The van der Waals surface area contributed by atoms with E-state index in [2.05, 4.69) is 5.73 Å². The van der Waals surface area contributed by atoms with Crippen molar-refractivity contribution in [1.82, 2.24) is 0 Å². The van der Waals surface area contributed by atoms with Crippen LogP contribution in [0.2, 0.25) is 0 Å². The van der Waals surface area contributed by atoms with Gasteiger partial charge in [-0.05, 0) is 11.5 Å². The normalized spacial score (nSPS) is 9.88. The quantitative estimate of drug-likeness (QED) is 0.376. The first kappa shape index (κ1) is 7.32. The molecule has 0 fully saturated rings. The van der Waals surface area contributed by atoms with Crippen LogP contribution in [0.25, 0.3) is 0 Å². The highest BCUT2D eigenvalue weighted by Gasteiger charge is 2.01. The highest BCUT2D eigenvalue weighted by molar-refractivity contribution is 4.89. The molecule has 0 amide bonds. The molecule has 0 aliphatic heterocycles. The van der Waals surface area contributed by atoms with Crippen molar-refractivity contribution < 1.29 is 5.11 Å². The van der Waals surface area contributed by atoms with E-state index in [4.69, 9.17) is 5.11 Å². The van der Waals surface area contributed by atoms with Gasteiger partial charge < -0.3 is 5.11 Å². The first-order valence-electron chi connectivity index (χ1n) is 2.62. The van der Waals surface area contributed by atoms with Crippen LogP contribution in [-0.4, -0.2) is 5.11 Å². The van der Waals surface area contributed by atoms with Gasteiger partial charge in [-0.25, -0.2) is 0 Å². The molecular formula is C7H12O. The van der Waals surface area contributed by atoms with Gasteiger partial charge in [-0.1, -0.05) is 26.5 Å². The fourth-order valence-electron chi connectivity index (χ4n) is 0.287. The van der Waals surface area contributed by atoms with Gasteiger partial charge in [0.2, 0.25) is 0 Å². The lowest BCUT2D eigenvalue weighted by molar-refractivity contribution is 0.472. The molecule has 1 heteroatoms. The van der Waals surface area contributed by atoms with E-state index in [-0.39, 0.29) is 5.41 Å². The zero-order valence-corrected chi connectivity index (χ0v) is 5.60. The summed E-state index contributed by atoms with van der Waals surface area (Å²) in [5.74, 6) is 0. The van der Waals surface area contributed by atoms with Gasteiger partial charge in [0.1, 0.15) is 6.26 Å². The molecule has 0 rings (SSSR count). The van der Waals surface area contributed by atoms with E-state index in [1.54, 1.807) is 0 Å². The molecule has 0 heterocycles. The average Bonchev–Trinajstić information content (AvgIpc) is 1.59. The Morgan fingerprint density at radius 2 is 1.88 bits per heavy atom. The van der Waals surface area contributed by atoms with Crippen LogP contribution in [0.3, 0.4) is 0 Å². The minimum absolute atomic E-state index is 0.124. The van der Waals surface area contributed by atoms with E-state index in [9.17, 15) is 0 Å². The number of aliphatic hydroxyl groups is 1. The van der Waals surface area contributed by atoms with Gasteiger partial charge in [0.15, 0.2) is 0 Å². The molecule has 1 nitrogen and oxygen atoms in total. The summed E-state index contributed by atoms with van der Waals surface area (Å²) < 4.78 is 0. The van der Waals surface area contributed by atoms with Crippen LogP contribution < -0.4 is 0 Å². The summed E-state index contributed by atoms with van der Waals surface area (Å²) >= 11 is 0. The molecule has 0 aromatic heterocycles. The topological polar surface area (TPSA) is 20.2 Å². The van der Waals surface area contributed by atoms with Crippen molar-refractivity contribution in [3.05, 3.63) is 18.1 Å². The van der Waals surface area contributed by atoms with Crippen LogP contribution in [0.4, 0.5) is 0 Å². The number of hydrogen-bond acceptors (Lipinski definition) is 1. The summed E-state index contributed by atoms with van der Waals surface area (Å²) in [6, 6.07) is 0. The minimum atomic E-state index is 0.124. The van der Waals surface area contributed by atoms with Crippen LogP contribution in [-0.2, 0) is 0 Å². The molecule has 0 bridgehead atoms. The Hall–Kier alpha value is -0.680. The van der Waals surface area contributed by atoms with E-state index < -0.39 is 0 Å². The first-order chi connectivity index (χ1) is 3.56. The van der Waals surface area contributed by atoms with E-state index in [0.717, 1.165) is 6.26 Å². The van der Waals surface area contributed by atoms with E-state index >= 15 is 0 Å². The molecule has 0 aliphatic rings. The van der Waals surface area contributed by atoms with Crippen molar-refractivity contribution in [2.24, 2.45) is 5.41 Å². The zero-order chi connectivity index (χ0) is 6.62. The Labute approximate surface area is 50.3 Å². The lowest BCUT2D eigenvalue weighted by Gasteiger charge is -2.07. The Balaban J connectivity index is 3.89. The molecule has 0 aromatic rings. The molecule has 0 atom stereocenters. The van der Waals surface area contributed by atoms with Crippen LogP contribution >= 0.6 is 0 Å². The molecule has 0 unspecified atom stereocenters. The van der Waals surface area contributed by atoms with Gasteiger partial charge in [0, 0.05) is 0 Å². The van der Waals surface area contributed by atoms with Crippen molar-refractivity contribution in [3.63, 3.8) is 0 Å². The summed E-state index contributed by atoms with van der Waals surface area (Å²) in [5.41, 5.74) is 2.72. The van der Waals surface area contributed by atoms with Crippen molar-refractivity contribution in [2.45, 2.75) is 20.8 Å². The molecule has 46 valence electrons. The molecule has 0 aliphatic carbocycles. The largest absolute Gasteiger partial charge is 0.507 e. The van der Waals surface area contributed by atoms with Crippen molar-refractivity contribution in [3.8, 4) is 0 Å². The van der Waals surface area contributed by atoms with Gasteiger partial charge in [-0.3, -0.25) is 0 Å². The van der Waals surface area contributed by atoms with Crippen LogP contribution in [0.5, 0.6) is 0 Å². The fraction of sp³-hybridized carbons (Fsp3) is 0.571. The third-order valence-corrected chi connectivity index (χ3v) is 0.591. The minimum Gasteiger partial charge on any atom is -0.507 e. The molecule has 8 heavy (non-hydrogen) atoms. The maximum atomic E-state index is 8.16. The SMILES string of the molecule is CC(C)(C)C=C=CO. The van der Waals surface area contributed by atoms with Gasteiger partial charge in [0.25, 0.3) is 0 Å². The number of hydrogen-bond donors (Lipinski definition) is 1. The lowest BCUT2D eigenvalue weighted by Crippen LogP contribution is -1.96. The average molecular weight is 112 g/mol. The second-order valence-corrected chi connectivity index (χ2v) is 2.81. The predicted octanol–water partition coefficient (Wildman–Crippen LogP) is 2.26.